The zero-order valence-corrected chi connectivity index (χ0v) is 13.5. The van der Waals surface area contributed by atoms with Gasteiger partial charge in [0.25, 0.3) is 0 Å². The molecule has 2 aliphatic rings. The van der Waals surface area contributed by atoms with Gasteiger partial charge < -0.3 is 5.32 Å². The van der Waals surface area contributed by atoms with Crippen molar-refractivity contribution in [2.75, 3.05) is 13.6 Å². The van der Waals surface area contributed by atoms with E-state index in [2.05, 4.69) is 30.3 Å². The molecular weight excluding hydrogens is 284 g/mol. The van der Waals surface area contributed by atoms with Crippen molar-refractivity contribution >= 4 is 17.5 Å². The molecule has 3 rings (SSSR count). The first-order valence-corrected chi connectivity index (χ1v) is 8.12. The summed E-state index contributed by atoms with van der Waals surface area (Å²) < 4.78 is 0. The fourth-order valence-corrected chi connectivity index (χ4v) is 4.06. The second kappa shape index (κ2) is 5.98. The van der Waals surface area contributed by atoms with Crippen molar-refractivity contribution in [1.82, 2.24) is 10.2 Å². The van der Waals surface area contributed by atoms with Crippen LogP contribution in [0, 0.1) is 18.8 Å². The van der Waals surface area contributed by atoms with Crippen LogP contribution in [0.2, 0.25) is 5.02 Å². The van der Waals surface area contributed by atoms with E-state index in [1.54, 1.807) is 0 Å². The molecular formula is C17H23ClN2O. The average molecular weight is 307 g/mol. The molecule has 0 unspecified atom stereocenters. The lowest BCUT2D eigenvalue weighted by molar-refractivity contribution is -0.124. The first kappa shape index (κ1) is 14.9. The predicted molar refractivity (Wildman–Crippen MR) is 85.3 cm³/mol. The van der Waals surface area contributed by atoms with Crippen molar-refractivity contribution in [3.05, 3.63) is 34.3 Å². The molecule has 114 valence electrons. The highest BCUT2D eigenvalue weighted by Crippen LogP contribution is 2.38. The lowest BCUT2D eigenvalue weighted by Crippen LogP contribution is -2.38. The first-order valence-electron chi connectivity index (χ1n) is 7.75. The molecule has 1 amide bonds. The molecule has 1 aliphatic heterocycles. The van der Waals surface area contributed by atoms with Crippen LogP contribution in [-0.2, 0) is 11.3 Å². The van der Waals surface area contributed by atoms with E-state index in [-0.39, 0.29) is 5.91 Å². The minimum atomic E-state index is 0.230. The third-order valence-corrected chi connectivity index (χ3v) is 5.41. The van der Waals surface area contributed by atoms with Crippen molar-refractivity contribution in [2.45, 2.75) is 38.8 Å². The molecule has 4 heteroatoms. The molecule has 21 heavy (non-hydrogen) atoms. The van der Waals surface area contributed by atoms with Gasteiger partial charge in [0, 0.05) is 30.6 Å². The summed E-state index contributed by atoms with van der Waals surface area (Å²) in [7, 11) is 2.20. The standard InChI is InChI=1S/C17H23ClN2O/c1-11-5-15(18)4-3-12(11)10-20(2)16-6-13-8-17(21)19-9-14(13)7-16/h3-5,13-14,16H,6-10H2,1-2H3,(H,19,21)/t13-,14+,16-/m1/s1. The molecule has 1 saturated heterocycles. The molecule has 0 radical (unpaired) electrons. The highest BCUT2D eigenvalue weighted by Gasteiger charge is 2.39. The summed E-state index contributed by atoms with van der Waals surface area (Å²) in [6.07, 6.45) is 3.07. The van der Waals surface area contributed by atoms with Gasteiger partial charge in [-0.2, -0.15) is 0 Å². The van der Waals surface area contributed by atoms with Gasteiger partial charge in [-0.25, -0.2) is 0 Å². The van der Waals surface area contributed by atoms with Crippen molar-refractivity contribution in [2.24, 2.45) is 11.8 Å². The normalized spacial score (nSPS) is 28.6. The number of piperidine rings is 1. The molecule has 1 saturated carbocycles. The number of nitrogens with one attached hydrogen (secondary N) is 1. The van der Waals surface area contributed by atoms with E-state index in [0.29, 0.717) is 17.9 Å². The van der Waals surface area contributed by atoms with Gasteiger partial charge in [0.1, 0.15) is 0 Å². The van der Waals surface area contributed by atoms with Gasteiger partial charge in [-0.15, -0.1) is 0 Å². The number of carbonyl (C=O) groups is 1. The number of rotatable bonds is 3. The Bertz CT molecular complexity index is 546. The number of fused-ring (bicyclic) bond motifs is 1. The Hall–Kier alpha value is -1.06. The Morgan fingerprint density at radius 3 is 2.86 bits per heavy atom. The minimum Gasteiger partial charge on any atom is -0.356 e. The molecule has 1 aliphatic carbocycles. The molecule has 1 aromatic carbocycles. The number of nitrogens with zero attached hydrogens (tertiary/aromatic N) is 1. The van der Waals surface area contributed by atoms with Crippen LogP contribution in [0.25, 0.3) is 0 Å². The third-order valence-electron chi connectivity index (χ3n) is 5.17. The predicted octanol–water partition coefficient (Wildman–Crippen LogP) is 2.99. The SMILES string of the molecule is Cc1cc(Cl)ccc1CN(C)[C@H]1C[C@H]2CNC(=O)C[C@H]2C1. The molecule has 3 nitrogen and oxygen atoms in total. The van der Waals surface area contributed by atoms with Crippen molar-refractivity contribution in [3.63, 3.8) is 0 Å². The van der Waals surface area contributed by atoms with E-state index in [0.717, 1.165) is 31.0 Å². The van der Waals surface area contributed by atoms with Gasteiger partial charge in [-0.3, -0.25) is 9.69 Å². The Balaban J connectivity index is 1.63. The zero-order valence-electron chi connectivity index (χ0n) is 12.7. The number of hydrogen-bond acceptors (Lipinski definition) is 2. The summed E-state index contributed by atoms with van der Waals surface area (Å²) in [5.74, 6) is 1.48. The van der Waals surface area contributed by atoms with Gasteiger partial charge in [0.2, 0.25) is 5.91 Å². The highest BCUT2D eigenvalue weighted by atomic mass is 35.5. The van der Waals surface area contributed by atoms with Gasteiger partial charge in [-0.05, 0) is 61.9 Å². The van der Waals surface area contributed by atoms with Crippen LogP contribution < -0.4 is 5.32 Å². The number of amides is 1. The number of benzene rings is 1. The van der Waals surface area contributed by atoms with E-state index in [1.807, 2.05) is 12.1 Å². The molecule has 1 heterocycles. The zero-order chi connectivity index (χ0) is 15.0. The molecule has 0 bridgehead atoms. The summed E-state index contributed by atoms with van der Waals surface area (Å²) in [5.41, 5.74) is 2.59. The third kappa shape index (κ3) is 3.24. The van der Waals surface area contributed by atoms with Gasteiger partial charge >= 0.3 is 0 Å². The van der Waals surface area contributed by atoms with Crippen molar-refractivity contribution < 1.29 is 4.79 Å². The lowest BCUT2D eigenvalue weighted by Gasteiger charge is -2.25. The first-order chi connectivity index (χ1) is 10.0. The van der Waals surface area contributed by atoms with Crippen LogP contribution >= 0.6 is 11.6 Å². The van der Waals surface area contributed by atoms with E-state index < -0.39 is 0 Å². The monoisotopic (exact) mass is 306 g/mol. The van der Waals surface area contributed by atoms with Crippen LogP contribution in [0.1, 0.15) is 30.4 Å². The molecule has 1 N–H and O–H groups in total. The van der Waals surface area contributed by atoms with Crippen LogP contribution in [-0.4, -0.2) is 30.4 Å². The number of hydrogen-bond donors (Lipinski definition) is 1. The summed E-state index contributed by atoms with van der Waals surface area (Å²) in [5, 5.41) is 3.81. The Morgan fingerprint density at radius 2 is 2.10 bits per heavy atom. The van der Waals surface area contributed by atoms with Crippen molar-refractivity contribution in [3.8, 4) is 0 Å². The molecule has 3 atom stereocenters. The van der Waals surface area contributed by atoms with E-state index in [9.17, 15) is 4.79 Å². The Morgan fingerprint density at radius 1 is 1.33 bits per heavy atom. The summed E-state index contributed by atoms with van der Waals surface area (Å²) in [6.45, 7) is 3.94. The van der Waals surface area contributed by atoms with E-state index in [1.165, 1.54) is 17.5 Å². The maximum absolute atomic E-state index is 11.5. The number of carbonyl (C=O) groups excluding carboxylic acids is 1. The smallest absolute Gasteiger partial charge is 0.220 e. The van der Waals surface area contributed by atoms with Crippen LogP contribution in [0.4, 0.5) is 0 Å². The quantitative estimate of drug-likeness (QED) is 0.931. The lowest BCUT2D eigenvalue weighted by atomic mass is 9.89. The Labute approximate surface area is 131 Å². The maximum atomic E-state index is 11.5. The largest absolute Gasteiger partial charge is 0.356 e. The van der Waals surface area contributed by atoms with Crippen molar-refractivity contribution in [1.29, 1.82) is 0 Å². The van der Waals surface area contributed by atoms with Crippen LogP contribution in [0.3, 0.4) is 0 Å². The topological polar surface area (TPSA) is 32.3 Å². The fraction of sp³-hybridized carbons (Fsp3) is 0.588. The van der Waals surface area contributed by atoms with E-state index >= 15 is 0 Å². The maximum Gasteiger partial charge on any atom is 0.220 e. The van der Waals surface area contributed by atoms with E-state index in [4.69, 9.17) is 11.6 Å². The van der Waals surface area contributed by atoms with Crippen LogP contribution in [0.5, 0.6) is 0 Å². The summed E-state index contributed by atoms with van der Waals surface area (Å²) in [4.78, 5) is 14.0. The second-order valence-electron chi connectivity index (χ2n) is 6.64. The molecule has 2 fully saturated rings. The fourth-order valence-electron chi connectivity index (χ4n) is 3.83. The van der Waals surface area contributed by atoms with Gasteiger partial charge in [-0.1, -0.05) is 17.7 Å². The number of aryl methyl sites for hydroxylation is 1. The van der Waals surface area contributed by atoms with Gasteiger partial charge in [0.05, 0.1) is 0 Å². The molecule has 0 aromatic heterocycles. The Kier molecular flexibility index (Phi) is 4.23. The molecule has 1 aromatic rings. The van der Waals surface area contributed by atoms with Gasteiger partial charge in [0.15, 0.2) is 0 Å². The number of halogens is 1. The van der Waals surface area contributed by atoms with Crippen LogP contribution in [0.15, 0.2) is 18.2 Å². The summed E-state index contributed by atoms with van der Waals surface area (Å²) >= 11 is 6.02. The average Bonchev–Trinajstić information content (AvgIpc) is 2.85. The minimum absolute atomic E-state index is 0.230. The highest BCUT2D eigenvalue weighted by molar-refractivity contribution is 6.30. The summed E-state index contributed by atoms with van der Waals surface area (Å²) in [6, 6.07) is 6.71. The second-order valence-corrected chi connectivity index (χ2v) is 7.08. The molecule has 0 spiro atoms.